The number of carbonyl (C=O) groups is 2. The highest BCUT2D eigenvalue weighted by Gasteiger charge is 2.35. The molecule has 133 valence electrons. The van der Waals surface area contributed by atoms with Crippen LogP contribution in [0.25, 0.3) is 0 Å². The molecule has 0 bridgehead atoms. The van der Waals surface area contributed by atoms with Gasteiger partial charge in [-0.15, -0.1) is 0 Å². The third-order valence-electron chi connectivity index (χ3n) is 2.54. The third-order valence-corrected chi connectivity index (χ3v) is 2.54. The second-order valence-corrected chi connectivity index (χ2v) is 6.00. The summed E-state index contributed by atoms with van der Waals surface area (Å²) in [6, 6.07) is 0. The fourth-order valence-corrected chi connectivity index (χ4v) is 0.973. The van der Waals surface area contributed by atoms with Crippen LogP contribution in [0.4, 0.5) is 0 Å². The van der Waals surface area contributed by atoms with Crippen LogP contribution >= 0.6 is 0 Å². The van der Waals surface area contributed by atoms with E-state index in [1.54, 1.807) is 20.8 Å². The number of hydrogen-bond donors (Lipinski definition) is 0. The van der Waals surface area contributed by atoms with Gasteiger partial charge >= 0.3 is 35.0 Å². The number of carbonyl (C=O) groups excluding carboxylic acids is 2. The molecule has 0 aliphatic carbocycles. The van der Waals surface area contributed by atoms with E-state index < -0.39 is 23.1 Å². The molecule has 3 radical (unpaired) electrons. The van der Waals surface area contributed by atoms with Gasteiger partial charge < -0.3 is 27.9 Å². The van der Waals surface area contributed by atoms with Crippen molar-refractivity contribution >= 4 is 35.0 Å². The minimum Gasteiger partial charge on any atom is -0.509 e. The Morgan fingerprint density at radius 2 is 1.33 bits per heavy atom. The molecule has 0 aromatic heterocycles. The van der Waals surface area contributed by atoms with E-state index >= 15 is 0 Å². The molecule has 0 saturated carbocycles. The molecule has 0 amide bonds. The number of rotatable bonds is 12. The smallest absolute Gasteiger partial charge is 0.509 e. The van der Waals surface area contributed by atoms with Crippen LogP contribution in [0.5, 0.6) is 0 Å². The van der Waals surface area contributed by atoms with E-state index in [4.69, 9.17) is 27.9 Å². The lowest BCUT2D eigenvalue weighted by Gasteiger charge is -2.27. The molecule has 24 heavy (non-hydrogen) atoms. The summed E-state index contributed by atoms with van der Waals surface area (Å²) in [7, 11) is 2.77. The van der Waals surface area contributed by atoms with Crippen LogP contribution in [0.2, 0.25) is 0 Å². The molecule has 0 spiro atoms. The van der Waals surface area contributed by atoms with Gasteiger partial charge in [-0.1, -0.05) is 0 Å². The summed E-state index contributed by atoms with van der Waals surface area (Å²) in [5.41, 5.74) is -2.67. The van der Waals surface area contributed by atoms with Crippen molar-refractivity contribution in [1.29, 1.82) is 0 Å². The van der Waals surface area contributed by atoms with Gasteiger partial charge in [0.25, 0.3) is 0 Å². The van der Waals surface area contributed by atoms with Gasteiger partial charge in [-0.2, -0.15) is 0 Å². The van der Waals surface area contributed by atoms with E-state index in [1.165, 1.54) is 27.7 Å². The Labute approximate surface area is 145 Å². The minimum atomic E-state index is -1.34. The van der Waals surface area contributed by atoms with Gasteiger partial charge in [0.15, 0.2) is 0 Å². The first-order chi connectivity index (χ1) is 11.0. The third kappa shape index (κ3) is 9.31. The fraction of sp³-hybridized carbons (Fsp3) is 0.846. The lowest BCUT2D eigenvalue weighted by atomic mass is 10.1. The van der Waals surface area contributed by atoms with Gasteiger partial charge in [-0.3, -0.25) is 9.59 Å². The highest BCUT2D eigenvalue weighted by Crippen LogP contribution is 2.15. The van der Waals surface area contributed by atoms with E-state index in [-0.39, 0.29) is 6.10 Å². The van der Waals surface area contributed by atoms with Gasteiger partial charge in [0.2, 0.25) is 0 Å². The predicted octanol–water partition coefficient (Wildman–Crippen LogP) is 0.727. The Kier molecular flexibility index (Phi) is 10.3. The molecule has 0 rings (SSSR count). The second kappa shape index (κ2) is 10.8. The molecule has 0 aliphatic heterocycles. The second-order valence-electron chi connectivity index (χ2n) is 6.00. The zero-order valence-electron chi connectivity index (χ0n) is 15.3. The molecule has 0 fully saturated rings. The van der Waals surface area contributed by atoms with Gasteiger partial charge in [0.1, 0.15) is 11.2 Å². The van der Waals surface area contributed by atoms with Crippen molar-refractivity contribution in [2.45, 2.75) is 65.8 Å². The first kappa shape index (κ1) is 23.0. The lowest BCUT2D eigenvalue weighted by molar-refractivity contribution is -0.155. The molecule has 0 heterocycles. The van der Waals surface area contributed by atoms with Crippen LogP contribution in [-0.4, -0.2) is 58.9 Å². The summed E-state index contributed by atoms with van der Waals surface area (Å²) in [6.45, 7) is 11.6. The Morgan fingerprint density at radius 1 is 0.875 bits per heavy atom. The monoisotopic (exact) mass is 341 g/mol. The molecular formula is C13H24B3O8. The minimum absolute atomic E-state index is 0.114. The maximum Gasteiger partial charge on any atom is 0.574 e. The van der Waals surface area contributed by atoms with Crippen LogP contribution in [0.3, 0.4) is 0 Å². The summed E-state index contributed by atoms with van der Waals surface area (Å²) in [4.78, 5) is 23.6. The first-order valence-electron chi connectivity index (χ1n) is 7.53. The Balaban J connectivity index is 4.25. The topological polar surface area (TPSA) is 89.5 Å². The molecule has 0 aromatic rings. The predicted molar refractivity (Wildman–Crippen MR) is 87.6 cm³/mol. The molecule has 0 unspecified atom stereocenters. The average molecular weight is 341 g/mol. The summed E-state index contributed by atoms with van der Waals surface area (Å²) < 4.78 is 29.8. The quantitative estimate of drug-likeness (QED) is 0.379. The highest BCUT2D eigenvalue weighted by atomic mass is 16.7. The van der Waals surface area contributed by atoms with Crippen LogP contribution < -0.4 is 0 Å². The molecule has 0 N–H and O–H groups in total. The van der Waals surface area contributed by atoms with Gasteiger partial charge in [-0.25, -0.2) is 0 Å². The fourth-order valence-electron chi connectivity index (χ4n) is 0.973. The van der Waals surface area contributed by atoms with Gasteiger partial charge in [-0.05, 0) is 48.5 Å². The van der Waals surface area contributed by atoms with Crippen molar-refractivity contribution in [3.8, 4) is 0 Å². The molecule has 0 aromatic carbocycles. The molecule has 0 atom stereocenters. The summed E-state index contributed by atoms with van der Waals surface area (Å²) in [5, 5.41) is 0. The zero-order valence-corrected chi connectivity index (χ0v) is 15.3. The summed E-state index contributed by atoms with van der Waals surface area (Å²) in [5.74, 6) is -1.37. The Morgan fingerprint density at radius 3 is 1.75 bits per heavy atom. The standard InChI is InChI=1S/C13H24B3O8/c1-8-19-14-21-10(17)12(4,5)23-16-24-13(6,7)11(18)22-15-20-9(2)3/h9H,8H2,1-7H3. The molecule has 8 nitrogen and oxygen atoms in total. The molecule has 0 aliphatic rings. The summed E-state index contributed by atoms with van der Waals surface area (Å²) in [6.07, 6.45) is -0.114. The van der Waals surface area contributed by atoms with Gasteiger partial charge in [0.05, 0.1) is 0 Å². The number of hydrogen-bond acceptors (Lipinski definition) is 8. The van der Waals surface area contributed by atoms with E-state index in [9.17, 15) is 9.59 Å². The maximum absolute atomic E-state index is 11.9. The Hall–Kier alpha value is -1.03. The van der Waals surface area contributed by atoms with E-state index in [1.807, 2.05) is 0 Å². The van der Waals surface area contributed by atoms with E-state index in [0.29, 0.717) is 6.61 Å². The highest BCUT2D eigenvalue weighted by molar-refractivity contribution is 6.25. The van der Waals surface area contributed by atoms with Crippen LogP contribution in [0, 0.1) is 0 Å². The molecular weight excluding hydrogens is 317 g/mol. The van der Waals surface area contributed by atoms with Crippen LogP contribution in [0.1, 0.15) is 48.5 Å². The maximum atomic E-state index is 11.9. The van der Waals surface area contributed by atoms with Crippen molar-refractivity contribution in [3.63, 3.8) is 0 Å². The van der Waals surface area contributed by atoms with Crippen molar-refractivity contribution in [3.05, 3.63) is 0 Å². The zero-order chi connectivity index (χ0) is 18.8. The van der Waals surface area contributed by atoms with Crippen molar-refractivity contribution in [1.82, 2.24) is 0 Å². The van der Waals surface area contributed by atoms with E-state index in [0.717, 1.165) is 23.1 Å². The SMILES string of the molecule is CCO[B]OC(=O)C(C)(C)O[B]OC(C)(C)C(=O)O[B]OC(C)C. The lowest BCUT2D eigenvalue weighted by Crippen LogP contribution is -2.44. The first-order valence-corrected chi connectivity index (χ1v) is 7.53. The van der Waals surface area contributed by atoms with Crippen molar-refractivity contribution in [2.75, 3.05) is 6.61 Å². The largest absolute Gasteiger partial charge is 0.574 e. The van der Waals surface area contributed by atoms with Crippen LogP contribution in [-0.2, 0) is 37.5 Å². The Bertz CT molecular complexity index is 401. The average Bonchev–Trinajstić information content (AvgIpc) is 2.46. The molecule has 0 saturated heterocycles. The van der Waals surface area contributed by atoms with Crippen molar-refractivity contribution < 1.29 is 37.5 Å². The normalized spacial score (nSPS) is 11.8. The van der Waals surface area contributed by atoms with Gasteiger partial charge in [0, 0.05) is 12.7 Å². The molecule has 11 heteroatoms. The van der Waals surface area contributed by atoms with Crippen LogP contribution in [0.15, 0.2) is 0 Å². The summed E-state index contributed by atoms with van der Waals surface area (Å²) >= 11 is 0. The van der Waals surface area contributed by atoms with Crippen molar-refractivity contribution in [2.24, 2.45) is 0 Å². The van der Waals surface area contributed by atoms with E-state index in [2.05, 4.69) is 0 Å².